The zero-order chi connectivity index (χ0) is 10.0. The van der Waals surface area contributed by atoms with Crippen molar-refractivity contribution in [2.75, 3.05) is 0 Å². The van der Waals surface area contributed by atoms with Gasteiger partial charge in [-0.15, -0.1) is 0 Å². The largest absolute Gasteiger partial charge is 0.462 e. The molecule has 0 unspecified atom stereocenters. The Bertz CT molecular complexity index is 276. The minimum atomic E-state index is 0.180. The Morgan fingerprint density at radius 1 is 1.31 bits per heavy atom. The van der Waals surface area contributed by atoms with Crippen LogP contribution in [0, 0.1) is 6.92 Å². The Morgan fingerprint density at radius 3 is 2.38 bits per heavy atom. The molecule has 13 heavy (non-hydrogen) atoms. The number of aromatic nitrogens is 2. The van der Waals surface area contributed by atoms with Crippen molar-refractivity contribution in [1.29, 1.82) is 0 Å². The van der Waals surface area contributed by atoms with Gasteiger partial charge < -0.3 is 4.74 Å². The number of aryl methyl sites for hydroxylation is 1. The third-order valence-corrected chi connectivity index (χ3v) is 1.81. The van der Waals surface area contributed by atoms with Crippen molar-refractivity contribution in [2.24, 2.45) is 0 Å². The molecule has 0 atom stereocenters. The number of ether oxygens (including phenoxy) is 1. The average Bonchev–Trinajstić information content (AvgIpc) is 2.30. The van der Waals surface area contributed by atoms with Crippen LogP contribution in [-0.2, 0) is 0 Å². The SMILES string of the molecule is Cc1cnc(OC(C)C)n1C(C)C. The fourth-order valence-electron chi connectivity index (χ4n) is 1.35. The second kappa shape index (κ2) is 3.81. The van der Waals surface area contributed by atoms with Gasteiger partial charge >= 0.3 is 0 Å². The zero-order valence-electron chi connectivity index (χ0n) is 9.03. The molecule has 0 N–H and O–H groups in total. The van der Waals surface area contributed by atoms with Gasteiger partial charge in [0.25, 0.3) is 6.01 Å². The molecule has 0 bridgehead atoms. The van der Waals surface area contributed by atoms with Crippen molar-refractivity contribution < 1.29 is 4.74 Å². The quantitative estimate of drug-likeness (QED) is 0.718. The first-order chi connectivity index (χ1) is 6.02. The van der Waals surface area contributed by atoms with Gasteiger partial charge in [-0.25, -0.2) is 4.98 Å². The topological polar surface area (TPSA) is 27.1 Å². The molecule has 3 heteroatoms. The molecule has 0 spiro atoms. The van der Waals surface area contributed by atoms with E-state index in [1.54, 1.807) is 0 Å². The lowest BCUT2D eigenvalue weighted by Gasteiger charge is -2.15. The number of rotatable bonds is 3. The Kier molecular flexibility index (Phi) is 2.96. The normalized spacial score (nSPS) is 11.3. The molecular weight excluding hydrogens is 164 g/mol. The third kappa shape index (κ3) is 2.23. The smallest absolute Gasteiger partial charge is 0.296 e. The standard InChI is InChI=1S/C10H18N2O/c1-7(2)12-9(5)6-11-10(12)13-8(3)4/h6-8H,1-5H3. The van der Waals surface area contributed by atoms with Crippen molar-refractivity contribution in [3.63, 3.8) is 0 Å². The summed E-state index contributed by atoms with van der Waals surface area (Å²) in [6, 6.07) is 1.12. The molecule has 0 aliphatic carbocycles. The highest BCUT2D eigenvalue weighted by Crippen LogP contribution is 2.19. The molecule has 0 fully saturated rings. The van der Waals surface area contributed by atoms with E-state index in [0.717, 1.165) is 11.7 Å². The molecule has 1 aromatic heterocycles. The number of hydrogen-bond acceptors (Lipinski definition) is 2. The van der Waals surface area contributed by atoms with Gasteiger partial charge in [-0.2, -0.15) is 0 Å². The van der Waals surface area contributed by atoms with Crippen LogP contribution < -0.4 is 4.74 Å². The molecule has 1 heterocycles. The summed E-state index contributed by atoms with van der Waals surface area (Å²) in [5, 5.41) is 0. The lowest BCUT2D eigenvalue weighted by atomic mass is 10.3. The first-order valence-corrected chi connectivity index (χ1v) is 4.73. The summed E-state index contributed by atoms with van der Waals surface area (Å²) < 4.78 is 7.68. The molecule has 0 aliphatic heterocycles. The molecule has 0 saturated carbocycles. The van der Waals surface area contributed by atoms with Crippen molar-refractivity contribution >= 4 is 0 Å². The monoisotopic (exact) mass is 182 g/mol. The summed E-state index contributed by atoms with van der Waals surface area (Å²) in [5.74, 6) is 0. The van der Waals surface area contributed by atoms with E-state index in [9.17, 15) is 0 Å². The maximum Gasteiger partial charge on any atom is 0.296 e. The van der Waals surface area contributed by atoms with Crippen LogP contribution in [0.25, 0.3) is 0 Å². The van der Waals surface area contributed by atoms with Crippen molar-refractivity contribution in [1.82, 2.24) is 9.55 Å². The highest BCUT2D eigenvalue weighted by molar-refractivity contribution is 5.09. The van der Waals surface area contributed by atoms with E-state index in [0.29, 0.717) is 6.04 Å². The van der Waals surface area contributed by atoms with Gasteiger partial charge in [0.2, 0.25) is 0 Å². The Morgan fingerprint density at radius 2 is 1.92 bits per heavy atom. The van der Waals surface area contributed by atoms with Crippen molar-refractivity contribution in [2.45, 2.75) is 46.8 Å². The van der Waals surface area contributed by atoms with Gasteiger partial charge in [0.15, 0.2) is 0 Å². The summed E-state index contributed by atoms with van der Waals surface area (Å²) in [5.41, 5.74) is 1.14. The molecule has 0 aromatic carbocycles. The fourth-order valence-corrected chi connectivity index (χ4v) is 1.35. The van der Waals surface area contributed by atoms with Gasteiger partial charge in [-0.05, 0) is 34.6 Å². The highest BCUT2D eigenvalue weighted by Gasteiger charge is 2.11. The first-order valence-electron chi connectivity index (χ1n) is 4.73. The highest BCUT2D eigenvalue weighted by atomic mass is 16.5. The summed E-state index contributed by atoms with van der Waals surface area (Å²) in [7, 11) is 0. The van der Waals surface area contributed by atoms with Gasteiger partial charge in [-0.3, -0.25) is 4.57 Å². The van der Waals surface area contributed by atoms with Gasteiger partial charge in [0, 0.05) is 11.7 Å². The number of hydrogen-bond donors (Lipinski definition) is 0. The van der Waals surface area contributed by atoms with E-state index < -0.39 is 0 Å². The predicted molar refractivity (Wildman–Crippen MR) is 53.1 cm³/mol. The maximum absolute atomic E-state index is 5.58. The Hall–Kier alpha value is -0.990. The zero-order valence-corrected chi connectivity index (χ0v) is 9.03. The molecule has 0 aliphatic rings. The summed E-state index contributed by atoms with van der Waals surface area (Å²) >= 11 is 0. The van der Waals surface area contributed by atoms with E-state index >= 15 is 0 Å². The van der Waals surface area contributed by atoms with Crippen LogP contribution in [-0.4, -0.2) is 15.7 Å². The first kappa shape index (κ1) is 10.1. The summed E-state index contributed by atoms with van der Waals surface area (Å²) in [6.07, 6.45) is 2.02. The molecule has 1 aromatic rings. The molecule has 3 nitrogen and oxygen atoms in total. The van der Waals surface area contributed by atoms with Crippen LogP contribution in [0.1, 0.15) is 39.4 Å². The molecular formula is C10H18N2O. The second-order valence-corrected chi connectivity index (χ2v) is 3.81. The van der Waals surface area contributed by atoms with Gasteiger partial charge in [-0.1, -0.05) is 0 Å². The van der Waals surface area contributed by atoms with E-state index in [1.807, 2.05) is 27.0 Å². The molecule has 74 valence electrons. The third-order valence-electron chi connectivity index (χ3n) is 1.81. The van der Waals surface area contributed by atoms with Crippen LogP contribution in [0.4, 0.5) is 0 Å². The molecule has 1 rings (SSSR count). The average molecular weight is 182 g/mol. The minimum Gasteiger partial charge on any atom is -0.462 e. The fraction of sp³-hybridized carbons (Fsp3) is 0.700. The molecule has 0 amide bonds. The van der Waals surface area contributed by atoms with Crippen molar-refractivity contribution in [3.8, 4) is 6.01 Å². The Labute approximate surface area is 79.7 Å². The van der Waals surface area contributed by atoms with Crippen molar-refractivity contribution in [3.05, 3.63) is 11.9 Å². The van der Waals surface area contributed by atoms with E-state index in [2.05, 4.69) is 23.4 Å². The predicted octanol–water partition coefficient (Wildman–Crippen LogP) is 2.56. The van der Waals surface area contributed by atoms with E-state index in [1.165, 1.54) is 0 Å². The van der Waals surface area contributed by atoms with Crippen LogP contribution >= 0.6 is 0 Å². The van der Waals surface area contributed by atoms with Crippen LogP contribution in [0.3, 0.4) is 0 Å². The maximum atomic E-state index is 5.58. The van der Waals surface area contributed by atoms with Gasteiger partial charge in [0.1, 0.15) is 0 Å². The Balaban J connectivity index is 2.94. The molecule has 0 radical (unpaired) electrons. The van der Waals surface area contributed by atoms with E-state index in [-0.39, 0.29) is 6.10 Å². The minimum absolute atomic E-state index is 0.180. The second-order valence-electron chi connectivity index (χ2n) is 3.81. The summed E-state index contributed by atoms with van der Waals surface area (Å²) in [6.45, 7) is 10.3. The molecule has 0 saturated heterocycles. The number of nitrogens with zero attached hydrogens (tertiary/aromatic N) is 2. The number of imidazole rings is 1. The lowest BCUT2D eigenvalue weighted by molar-refractivity contribution is 0.208. The van der Waals surface area contributed by atoms with Crippen LogP contribution in [0.5, 0.6) is 6.01 Å². The van der Waals surface area contributed by atoms with Gasteiger partial charge in [0.05, 0.1) is 12.3 Å². The van der Waals surface area contributed by atoms with Crippen LogP contribution in [0.2, 0.25) is 0 Å². The van der Waals surface area contributed by atoms with E-state index in [4.69, 9.17) is 4.74 Å². The summed E-state index contributed by atoms with van der Waals surface area (Å²) in [4.78, 5) is 4.22. The van der Waals surface area contributed by atoms with Crippen LogP contribution in [0.15, 0.2) is 6.20 Å². The lowest BCUT2D eigenvalue weighted by Crippen LogP contribution is -2.12.